The quantitative estimate of drug-likeness (QED) is 0.878. The number of hydrogen-bond acceptors (Lipinski definition) is 3. The smallest absolute Gasteiger partial charge is 0.254 e. The maximum atomic E-state index is 12.0. The van der Waals surface area contributed by atoms with Crippen molar-refractivity contribution in [2.24, 2.45) is 0 Å². The summed E-state index contributed by atoms with van der Waals surface area (Å²) in [5, 5.41) is 3.03. The number of aromatic amines is 1. The summed E-state index contributed by atoms with van der Waals surface area (Å²) in [6.45, 7) is 4.82. The lowest BCUT2D eigenvalue weighted by molar-refractivity contribution is 0.781. The first-order valence-corrected chi connectivity index (χ1v) is 6.42. The molecule has 0 unspecified atom stereocenters. The molecule has 1 aromatic carbocycles. The fourth-order valence-electron chi connectivity index (χ4n) is 1.99. The van der Waals surface area contributed by atoms with Crippen molar-refractivity contribution in [2.75, 3.05) is 13.6 Å². The van der Waals surface area contributed by atoms with E-state index in [2.05, 4.69) is 21.4 Å². The van der Waals surface area contributed by atoms with Gasteiger partial charge in [0.25, 0.3) is 5.56 Å². The molecule has 1 aromatic heterocycles. The standard InChI is InChI=1S/C15H19N3O/c1-10-4-5-11(2)13(8-10)14-17-9-12(6-7-16-3)15(19)18-14/h4-5,8-9,16H,6-7H2,1-3H3,(H,17,18,19). The highest BCUT2D eigenvalue weighted by molar-refractivity contribution is 5.60. The van der Waals surface area contributed by atoms with Crippen LogP contribution in [0, 0.1) is 13.8 Å². The summed E-state index contributed by atoms with van der Waals surface area (Å²) in [6.07, 6.45) is 2.36. The predicted molar refractivity (Wildman–Crippen MR) is 77.4 cm³/mol. The maximum Gasteiger partial charge on any atom is 0.254 e. The van der Waals surface area contributed by atoms with Crippen molar-refractivity contribution < 1.29 is 0 Å². The molecule has 0 radical (unpaired) electrons. The largest absolute Gasteiger partial charge is 0.319 e. The van der Waals surface area contributed by atoms with E-state index in [0.29, 0.717) is 17.8 Å². The summed E-state index contributed by atoms with van der Waals surface area (Å²) >= 11 is 0. The van der Waals surface area contributed by atoms with Gasteiger partial charge in [-0.3, -0.25) is 4.79 Å². The van der Waals surface area contributed by atoms with E-state index in [1.54, 1.807) is 6.20 Å². The summed E-state index contributed by atoms with van der Waals surface area (Å²) in [5.41, 5.74) is 3.90. The number of nitrogens with zero attached hydrogens (tertiary/aromatic N) is 1. The van der Waals surface area contributed by atoms with Gasteiger partial charge in [-0.1, -0.05) is 17.7 Å². The number of rotatable bonds is 4. The van der Waals surface area contributed by atoms with Gasteiger partial charge in [-0.05, 0) is 45.5 Å². The molecule has 0 amide bonds. The number of benzene rings is 1. The van der Waals surface area contributed by atoms with Gasteiger partial charge < -0.3 is 10.3 Å². The van der Waals surface area contributed by atoms with Crippen molar-refractivity contribution in [1.29, 1.82) is 0 Å². The van der Waals surface area contributed by atoms with Crippen LogP contribution in [0.4, 0.5) is 0 Å². The zero-order valence-electron chi connectivity index (χ0n) is 11.6. The Kier molecular flexibility index (Phi) is 4.12. The fourth-order valence-corrected chi connectivity index (χ4v) is 1.99. The van der Waals surface area contributed by atoms with E-state index in [9.17, 15) is 4.79 Å². The average Bonchev–Trinajstić information content (AvgIpc) is 2.40. The van der Waals surface area contributed by atoms with Crippen LogP contribution in [0.15, 0.2) is 29.2 Å². The Morgan fingerprint density at radius 3 is 2.79 bits per heavy atom. The second-order valence-electron chi connectivity index (χ2n) is 4.76. The highest BCUT2D eigenvalue weighted by Crippen LogP contribution is 2.19. The van der Waals surface area contributed by atoms with Gasteiger partial charge in [-0.15, -0.1) is 0 Å². The Morgan fingerprint density at radius 2 is 2.11 bits per heavy atom. The second-order valence-corrected chi connectivity index (χ2v) is 4.76. The average molecular weight is 257 g/mol. The maximum absolute atomic E-state index is 12.0. The lowest BCUT2D eigenvalue weighted by atomic mass is 10.1. The Labute approximate surface area is 112 Å². The molecule has 2 N–H and O–H groups in total. The van der Waals surface area contributed by atoms with Gasteiger partial charge >= 0.3 is 0 Å². The van der Waals surface area contributed by atoms with Crippen LogP contribution in [-0.4, -0.2) is 23.6 Å². The van der Waals surface area contributed by atoms with Crippen molar-refractivity contribution in [3.05, 3.63) is 51.4 Å². The summed E-state index contributed by atoms with van der Waals surface area (Å²) in [5.74, 6) is 0.638. The molecule has 2 rings (SSSR count). The number of hydrogen-bond donors (Lipinski definition) is 2. The van der Waals surface area contributed by atoms with Crippen LogP contribution in [0.25, 0.3) is 11.4 Å². The summed E-state index contributed by atoms with van der Waals surface area (Å²) in [7, 11) is 1.87. The van der Waals surface area contributed by atoms with E-state index in [-0.39, 0.29) is 5.56 Å². The van der Waals surface area contributed by atoms with E-state index < -0.39 is 0 Å². The van der Waals surface area contributed by atoms with E-state index in [1.165, 1.54) is 0 Å². The number of H-pyrrole nitrogens is 1. The van der Waals surface area contributed by atoms with Crippen molar-refractivity contribution >= 4 is 0 Å². The van der Waals surface area contributed by atoms with Crippen LogP contribution in [0.3, 0.4) is 0 Å². The van der Waals surface area contributed by atoms with Gasteiger partial charge in [0.15, 0.2) is 0 Å². The molecule has 0 aliphatic carbocycles. The molecule has 0 aliphatic heterocycles. The zero-order valence-corrected chi connectivity index (χ0v) is 11.6. The van der Waals surface area contributed by atoms with E-state index in [0.717, 1.165) is 23.2 Å². The van der Waals surface area contributed by atoms with Crippen LogP contribution in [0.1, 0.15) is 16.7 Å². The molecular formula is C15H19N3O. The molecule has 4 nitrogen and oxygen atoms in total. The number of nitrogens with one attached hydrogen (secondary N) is 2. The van der Waals surface area contributed by atoms with Crippen LogP contribution >= 0.6 is 0 Å². The molecule has 0 bridgehead atoms. The topological polar surface area (TPSA) is 57.8 Å². The molecule has 0 saturated heterocycles. The van der Waals surface area contributed by atoms with E-state index in [4.69, 9.17) is 0 Å². The fraction of sp³-hybridized carbons (Fsp3) is 0.333. The summed E-state index contributed by atoms with van der Waals surface area (Å²) in [4.78, 5) is 19.2. The number of aromatic nitrogens is 2. The third kappa shape index (κ3) is 3.09. The van der Waals surface area contributed by atoms with Gasteiger partial charge in [-0.2, -0.15) is 0 Å². The monoisotopic (exact) mass is 257 g/mol. The molecule has 0 aliphatic rings. The predicted octanol–water partition coefficient (Wildman–Crippen LogP) is 1.82. The number of aryl methyl sites for hydroxylation is 2. The molecule has 0 fully saturated rings. The van der Waals surface area contributed by atoms with Crippen molar-refractivity contribution in [3.8, 4) is 11.4 Å². The van der Waals surface area contributed by atoms with E-state index >= 15 is 0 Å². The highest BCUT2D eigenvalue weighted by atomic mass is 16.1. The molecule has 4 heteroatoms. The summed E-state index contributed by atoms with van der Waals surface area (Å²) in [6, 6.07) is 6.14. The van der Waals surface area contributed by atoms with Crippen LogP contribution in [0.5, 0.6) is 0 Å². The molecule has 0 spiro atoms. The van der Waals surface area contributed by atoms with Crippen molar-refractivity contribution in [2.45, 2.75) is 20.3 Å². The van der Waals surface area contributed by atoms with Gasteiger partial charge in [0.05, 0.1) is 0 Å². The normalized spacial score (nSPS) is 10.7. The van der Waals surface area contributed by atoms with Gasteiger partial charge in [0, 0.05) is 17.3 Å². The van der Waals surface area contributed by atoms with Gasteiger partial charge in [0.2, 0.25) is 0 Å². The first-order valence-electron chi connectivity index (χ1n) is 6.42. The molecule has 0 saturated carbocycles. The minimum absolute atomic E-state index is 0.0545. The molecule has 0 atom stereocenters. The van der Waals surface area contributed by atoms with Crippen LogP contribution < -0.4 is 10.9 Å². The SMILES string of the molecule is CNCCc1cnc(-c2cc(C)ccc2C)[nH]c1=O. The Balaban J connectivity index is 2.39. The molecule has 1 heterocycles. The third-order valence-electron chi connectivity index (χ3n) is 3.17. The lowest BCUT2D eigenvalue weighted by Gasteiger charge is -2.07. The lowest BCUT2D eigenvalue weighted by Crippen LogP contribution is -2.19. The third-order valence-corrected chi connectivity index (χ3v) is 3.17. The highest BCUT2D eigenvalue weighted by Gasteiger charge is 2.07. The molecule has 19 heavy (non-hydrogen) atoms. The molecule has 100 valence electrons. The molecule has 2 aromatic rings. The van der Waals surface area contributed by atoms with Gasteiger partial charge in [-0.25, -0.2) is 4.98 Å². The van der Waals surface area contributed by atoms with E-state index in [1.807, 2.05) is 33.0 Å². The Morgan fingerprint density at radius 1 is 1.32 bits per heavy atom. The zero-order chi connectivity index (χ0) is 13.8. The van der Waals surface area contributed by atoms with Crippen LogP contribution in [-0.2, 0) is 6.42 Å². The minimum atomic E-state index is -0.0545. The second kappa shape index (κ2) is 5.80. The molecular weight excluding hydrogens is 238 g/mol. The Hall–Kier alpha value is -1.94. The number of likely N-dealkylation sites (N-methyl/N-ethyl adjacent to an activating group) is 1. The minimum Gasteiger partial charge on any atom is -0.319 e. The summed E-state index contributed by atoms with van der Waals surface area (Å²) < 4.78 is 0. The van der Waals surface area contributed by atoms with Crippen LogP contribution in [0.2, 0.25) is 0 Å². The van der Waals surface area contributed by atoms with Crippen molar-refractivity contribution in [3.63, 3.8) is 0 Å². The van der Waals surface area contributed by atoms with Crippen molar-refractivity contribution in [1.82, 2.24) is 15.3 Å². The Bertz CT molecular complexity index is 632. The van der Waals surface area contributed by atoms with Gasteiger partial charge in [0.1, 0.15) is 5.82 Å². The first-order chi connectivity index (χ1) is 9.11. The first kappa shape index (κ1) is 13.5.